The SMILES string of the molecule is CC(C)CN(C[C@@H](O)[C@H](Cc1ccccc1)NC(=O)C(C(C)C)N1CC(=O)N(Cc2ccc(-c3csnn3)cc2)C1=O)S(=O)(=O)c1ccc(Cl)c(N)c1. The second-order valence-electron chi connectivity index (χ2n) is 13.8. The predicted octanol–water partition coefficient (Wildman–Crippen LogP) is 4.66. The van der Waals surface area contributed by atoms with Crippen molar-refractivity contribution in [2.24, 2.45) is 11.8 Å². The van der Waals surface area contributed by atoms with Crippen LogP contribution in [0.4, 0.5) is 10.5 Å². The van der Waals surface area contributed by atoms with Gasteiger partial charge in [0.15, 0.2) is 0 Å². The number of aliphatic hydroxyl groups is 1. The Bertz CT molecular complexity index is 2000. The van der Waals surface area contributed by atoms with E-state index >= 15 is 0 Å². The van der Waals surface area contributed by atoms with Crippen molar-refractivity contribution in [1.82, 2.24) is 29.0 Å². The van der Waals surface area contributed by atoms with Crippen LogP contribution in [0.25, 0.3) is 11.3 Å². The van der Waals surface area contributed by atoms with Gasteiger partial charge >= 0.3 is 6.03 Å². The van der Waals surface area contributed by atoms with E-state index in [0.717, 1.165) is 27.3 Å². The predicted molar refractivity (Wildman–Crippen MR) is 204 cm³/mol. The fourth-order valence-corrected chi connectivity index (χ4v) is 8.50. The molecule has 13 nitrogen and oxygen atoms in total. The first-order valence-electron chi connectivity index (χ1n) is 17.2. The van der Waals surface area contributed by atoms with Crippen molar-refractivity contribution in [1.29, 1.82) is 0 Å². The average molecular weight is 782 g/mol. The number of carbonyl (C=O) groups is 3. The van der Waals surface area contributed by atoms with Gasteiger partial charge in [-0.3, -0.25) is 14.5 Å². The van der Waals surface area contributed by atoms with E-state index in [-0.39, 0.29) is 54.1 Å². The molecule has 3 aromatic carbocycles. The smallest absolute Gasteiger partial charge is 0.328 e. The molecule has 4 amide bonds. The quantitative estimate of drug-likeness (QED) is 0.108. The largest absolute Gasteiger partial charge is 0.397 e. The van der Waals surface area contributed by atoms with E-state index in [9.17, 15) is 27.9 Å². The van der Waals surface area contributed by atoms with Crippen molar-refractivity contribution >= 4 is 56.7 Å². The maximum Gasteiger partial charge on any atom is 0.328 e. The lowest BCUT2D eigenvalue weighted by molar-refractivity contribution is -0.129. The molecule has 4 aromatic rings. The summed E-state index contributed by atoms with van der Waals surface area (Å²) >= 11 is 7.30. The third kappa shape index (κ3) is 9.58. The van der Waals surface area contributed by atoms with Gasteiger partial charge in [-0.15, -0.1) is 5.10 Å². The molecule has 53 heavy (non-hydrogen) atoms. The molecule has 1 aliphatic rings. The minimum Gasteiger partial charge on any atom is -0.397 e. The second kappa shape index (κ2) is 17.2. The van der Waals surface area contributed by atoms with Crippen LogP contribution in [-0.2, 0) is 32.6 Å². The summed E-state index contributed by atoms with van der Waals surface area (Å²) in [5, 5.41) is 20.8. The summed E-state index contributed by atoms with van der Waals surface area (Å²) in [7, 11) is -4.15. The highest BCUT2D eigenvalue weighted by Crippen LogP contribution is 2.27. The number of hydrogen-bond donors (Lipinski definition) is 3. The molecule has 16 heteroatoms. The van der Waals surface area contributed by atoms with Crippen LogP contribution in [0, 0.1) is 11.8 Å². The molecule has 0 aliphatic carbocycles. The van der Waals surface area contributed by atoms with Crippen molar-refractivity contribution < 1.29 is 27.9 Å². The second-order valence-corrected chi connectivity index (χ2v) is 16.8. The van der Waals surface area contributed by atoms with E-state index in [1.54, 1.807) is 13.8 Å². The molecule has 1 unspecified atom stereocenters. The highest BCUT2D eigenvalue weighted by atomic mass is 35.5. The van der Waals surface area contributed by atoms with Gasteiger partial charge in [-0.05, 0) is 59.1 Å². The van der Waals surface area contributed by atoms with Crippen molar-refractivity contribution in [2.75, 3.05) is 25.4 Å². The topological polar surface area (TPSA) is 179 Å². The highest BCUT2D eigenvalue weighted by Gasteiger charge is 2.44. The Hall–Kier alpha value is -4.41. The molecule has 1 aromatic heterocycles. The number of aromatic nitrogens is 2. The fourth-order valence-electron chi connectivity index (χ4n) is 6.26. The van der Waals surface area contributed by atoms with Crippen LogP contribution in [0.2, 0.25) is 5.02 Å². The molecule has 282 valence electrons. The Labute approximate surface area is 319 Å². The van der Waals surface area contributed by atoms with E-state index in [2.05, 4.69) is 14.9 Å². The van der Waals surface area contributed by atoms with Gasteiger partial charge in [0.25, 0.3) is 5.91 Å². The van der Waals surface area contributed by atoms with Gasteiger partial charge in [-0.2, -0.15) is 4.31 Å². The van der Waals surface area contributed by atoms with E-state index in [1.807, 2.05) is 73.8 Å². The Morgan fingerprint density at radius 1 is 1.02 bits per heavy atom. The van der Waals surface area contributed by atoms with Crippen LogP contribution >= 0.6 is 23.1 Å². The maximum atomic E-state index is 14.2. The minimum absolute atomic E-state index is 0.0188. The third-order valence-electron chi connectivity index (χ3n) is 8.92. The van der Waals surface area contributed by atoms with Gasteiger partial charge in [0, 0.05) is 24.0 Å². The van der Waals surface area contributed by atoms with Gasteiger partial charge in [-0.1, -0.05) is 98.4 Å². The third-order valence-corrected chi connectivity index (χ3v) is 11.6. The molecule has 0 radical (unpaired) electrons. The molecule has 3 atom stereocenters. The van der Waals surface area contributed by atoms with Gasteiger partial charge in [-0.25, -0.2) is 13.2 Å². The van der Waals surface area contributed by atoms with E-state index in [0.29, 0.717) is 0 Å². The zero-order valence-electron chi connectivity index (χ0n) is 29.9. The monoisotopic (exact) mass is 781 g/mol. The Kier molecular flexibility index (Phi) is 12.9. The summed E-state index contributed by atoms with van der Waals surface area (Å²) < 4.78 is 32.8. The normalized spacial score (nSPS) is 15.4. The standard InChI is InChI=1S/C37H44ClN7O6S2/c1-23(2)18-43(53(50,51)28-14-15-29(38)30(39)17-28)20-33(46)31(16-25-8-6-5-7-9-25)40-36(48)35(24(3)4)45-21-34(47)44(37(45)49)19-26-10-12-27(13-11-26)32-22-52-42-41-32/h5-15,17,22-24,31,33,35,46H,16,18-21,39H2,1-4H3,(H,40,48)/t31-,33+,35?/m0/s1. The van der Waals surface area contributed by atoms with E-state index in [4.69, 9.17) is 17.3 Å². The molecule has 4 N–H and O–H groups in total. The molecular weight excluding hydrogens is 738 g/mol. The zero-order valence-corrected chi connectivity index (χ0v) is 32.3. The number of hydrogen-bond acceptors (Lipinski definition) is 10. The lowest BCUT2D eigenvalue weighted by Crippen LogP contribution is -2.57. The van der Waals surface area contributed by atoms with Crippen LogP contribution in [0.1, 0.15) is 38.8 Å². The lowest BCUT2D eigenvalue weighted by atomic mass is 9.97. The zero-order chi connectivity index (χ0) is 38.4. The number of nitrogens with two attached hydrogens (primary N) is 1. The number of aliphatic hydroxyl groups excluding tert-OH is 1. The number of carbonyl (C=O) groups excluding carboxylic acids is 3. The van der Waals surface area contributed by atoms with Gasteiger partial charge in [0.1, 0.15) is 18.3 Å². The van der Waals surface area contributed by atoms with Gasteiger partial charge in [0.2, 0.25) is 15.9 Å². The van der Waals surface area contributed by atoms with Crippen molar-refractivity contribution in [2.45, 2.75) is 63.7 Å². The Balaban J connectivity index is 1.36. The number of nitrogens with zero attached hydrogens (tertiary/aromatic N) is 5. The summed E-state index contributed by atoms with van der Waals surface area (Å²) in [6.45, 7) is 6.71. The number of amides is 4. The molecule has 0 saturated carbocycles. The van der Waals surface area contributed by atoms with E-state index in [1.165, 1.54) is 38.9 Å². The number of imide groups is 1. The van der Waals surface area contributed by atoms with Gasteiger partial charge < -0.3 is 21.1 Å². The molecule has 0 bridgehead atoms. The first kappa shape index (κ1) is 39.8. The summed E-state index contributed by atoms with van der Waals surface area (Å²) in [4.78, 5) is 43.5. The van der Waals surface area contributed by atoms with Crippen LogP contribution in [0.5, 0.6) is 0 Å². The number of anilines is 1. The first-order chi connectivity index (χ1) is 25.1. The number of nitrogen functional groups attached to an aromatic ring is 1. The van der Waals surface area contributed by atoms with E-state index < -0.39 is 52.0 Å². The lowest BCUT2D eigenvalue weighted by Gasteiger charge is -2.34. The Morgan fingerprint density at radius 2 is 1.72 bits per heavy atom. The van der Waals surface area contributed by atoms with Crippen molar-refractivity contribution in [3.63, 3.8) is 0 Å². The summed E-state index contributed by atoms with van der Waals surface area (Å²) in [5.74, 6) is -1.54. The van der Waals surface area contributed by atoms with Gasteiger partial charge in [0.05, 0.1) is 34.3 Å². The number of benzene rings is 3. The number of rotatable bonds is 16. The molecule has 1 fully saturated rings. The maximum absolute atomic E-state index is 14.2. The number of nitrogens with one attached hydrogen (secondary N) is 1. The minimum atomic E-state index is -4.15. The number of urea groups is 1. The number of sulfonamides is 1. The molecule has 1 aliphatic heterocycles. The van der Waals surface area contributed by atoms with Crippen LogP contribution in [-0.4, -0.2) is 92.9 Å². The fraction of sp³-hybridized carbons (Fsp3) is 0.378. The van der Waals surface area contributed by atoms with Crippen LogP contribution in [0.3, 0.4) is 0 Å². The Morgan fingerprint density at radius 3 is 2.32 bits per heavy atom. The summed E-state index contributed by atoms with van der Waals surface area (Å²) in [6, 6.07) is 17.9. The average Bonchev–Trinajstić information content (AvgIpc) is 3.74. The molecule has 5 rings (SSSR count). The highest BCUT2D eigenvalue weighted by molar-refractivity contribution is 7.89. The van der Waals surface area contributed by atoms with Crippen LogP contribution in [0.15, 0.2) is 83.1 Å². The molecule has 0 spiro atoms. The van der Waals surface area contributed by atoms with Crippen LogP contribution < -0.4 is 11.1 Å². The summed E-state index contributed by atoms with van der Waals surface area (Å²) in [6.07, 6.45) is -1.21. The number of halogens is 1. The molecule has 1 saturated heterocycles. The first-order valence-corrected chi connectivity index (χ1v) is 19.9. The molecule has 2 heterocycles. The summed E-state index contributed by atoms with van der Waals surface area (Å²) in [5.41, 5.74) is 9.12. The van der Waals surface area contributed by atoms with Crippen molar-refractivity contribution in [3.8, 4) is 11.3 Å². The van der Waals surface area contributed by atoms with Crippen molar-refractivity contribution in [3.05, 3.63) is 94.3 Å². The molecular formula is C37H44ClN7O6S2.